The number of fused-ring (bicyclic) bond motifs is 8. The third kappa shape index (κ3) is 10.5. The second-order valence-electron chi connectivity index (χ2n) is 16.0. The topological polar surface area (TPSA) is 221 Å². The zero-order valence-electron chi connectivity index (χ0n) is 36.3. The number of ketones is 1. The monoisotopic (exact) mass is 938 g/mol. The number of carbonyl (C=O) groups excluding carboxylic acids is 4. The number of pyridine rings is 1. The van der Waals surface area contributed by atoms with E-state index in [-0.39, 0.29) is 87.1 Å². The van der Waals surface area contributed by atoms with Gasteiger partial charge in [0.1, 0.15) is 5.82 Å². The number of aliphatic hydroxyl groups is 2. The van der Waals surface area contributed by atoms with E-state index >= 15 is 0 Å². The van der Waals surface area contributed by atoms with Gasteiger partial charge in [-0.05, 0) is 57.7 Å². The molecule has 6 rings (SSSR count). The molecule has 4 aromatic heterocycles. The standard InChI is InChI=1S/C46H58N8O7.Pd/c1-8-30-24(2)33-21-38-42(28(6)56)26(4)35(52-38)19-34-25(3)31(13-14-40(58)50-22-29(57)23-55)44(53-34)32(18-41(59)61-7)45-43(27(5)36(54-45)20-37(30)51-33)46(60)49-17-11-16-48-39-12-9-10-15-47-39;/h9-10,12,15,19-21,24-25,29-31,55,57H,8,11,13-14,16-18,22-23H2,1-7H3,(H5,47,48,49,50,51,52,53,54,56,58,60);/q;+2/p-2/t24-,25+,29?,30-,31+;/m1./s1. The van der Waals surface area contributed by atoms with E-state index in [2.05, 4.69) is 34.8 Å². The Labute approximate surface area is 375 Å². The van der Waals surface area contributed by atoms with Crippen molar-refractivity contribution in [1.29, 1.82) is 0 Å². The Morgan fingerprint density at radius 2 is 1.56 bits per heavy atom. The Kier molecular flexibility index (Phi) is 16.3. The van der Waals surface area contributed by atoms with Crippen molar-refractivity contribution in [1.82, 2.24) is 35.6 Å². The number of nitrogens with one attached hydrogen (secondary N) is 3. The average Bonchev–Trinajstić information content (AvgIpc) is 3.93. The van der Waals surface area contributed by atoms with Gasteiger partial charge in [0.2, 0.25) is 11.8 Å². The normalized spacial score (nSPS) is 17.4. The minimum absolute atomic E-state index is 0. The van der Waals surface area contributed by atoms with Crippen LogP contribution in [0.3, 0.4) is 0 Å². The summed E-state index contributed by atoms with van der Waals surface area (Å²) < 4.78 is 5.23. The maximum atomic E-state index is 14.5. The molecule has 62 heavy (non-hydrogen) atoms. The molecule has 4 aromatic rings. The number of methoxy groups -OCH3 is 1. The summed E-state index contributed by atoms with van der Waals surface area (Å²) in [7, 11) is 1.30. The van der Waals surface area contributed by atoms with Crippen LogP contribution in [0.5, 0.6) is 0 Å². The predicted molar refractivity (Wildman–Crippen MR) is 232 cm³/mol. The molecule has 2 aliphatic rings. The van der Waals surface area contributed by atoms with Gasteiger partial charge in [-0.2, -0.15) is 0 Å². The molecule has 0 fully saturated rings. The second kappa shape index (κ2) is 21.2. The number of carbonyl (C=O) groups is 4. The average molecular weight is 939 g/mol. The summed E-state index contributed by atoms with van der Waals surface area (Å²) in [4.78, 5) is 78.9. The Bertz CT molecular complexity index is 2450. The Balaban J connectivity index is 0.00000726. The maximum Gasteiger partial charge on any atom is 2.00 e. The number of hydrogen-bond acceptors (Lipinski definition) is 11. The van der Waals surface area contributed by atoms with E-state index in [0.717, 1.165) is 23.6 Å². The number of esters is 1. The number of anilines is 1. The summed E-state index contributed by atoms with van der Waals surface area (Å²) in [5.74, 6) is -1.41. The van der Waals surface area contributed by atoms with Gasteiger partial charge in [0.15, 0.2) is 5.78 Å². The van der Waals surface area contributed by atoms with Crippen LogP contribution >= 0.6 is 0 Å². The van der Waals surface area contributed by atoms with Gasteiger partial charge in [0.05, 0.1) is 26.2 Å². The van der Waals surface area contributed by atoms with Crippen LogP contribution in [0.2, 0.25) is 0 Å². The molecule has 0 radical (unpaired) electrons. The van der Waals surface area contributed by atoms with E-state index in [1.165, 1.54) is 14.0 Å². The first-order valence-electron chi connectivity index (χ1n) is 21.0. The number of aliphatic hydroxyl groups excluding tert-OH is 2. The van der Waals surface area contributed by atoms with E-state index in [1.54, 1.807) is 6.20 Å². The molecule has 0 spiro atoms. The summed E-state index contributed by atoms with van der Waals surface area (Å²) in [6.07, 6.45) is 2.03. The smallest absolute Gasteiger partial charge is 0.657 e. The molecule has 5 N–H and O–H groups in total. The zero-order chi connectivity index (χ0) is 44.0. The van der Waals surface area contributed by atoms with Crippen molar-refractivity contribution in [2.24, 2.45) is 0 Å². The SMILES string of the molecule is CC[C@H]1c2cc3[n-]c(c(CC(=O)OC)c4nc(cc5[n-]c(cc(n2)[C@@H]1C)c(C(C)=O)c5C)[C@@H](C)[C@@H]4CCC(=O)NCC(O)CO)c(C(=O)NCCCNc1ccccn1)c3C.[Pd+2]. The number of hydrogen-bond donors (Lipinski definition) is 5. The molecule has 2 aliphatic heterocycles. The molecule has 8 bridgehead atoms. The minimum Gasteiger partial charge on any atom is -0.657 e. The van der Waals surface area contributed by atoms with Crippen molar-refractivity contribution in [3.8, 4) is 0 Å². The van der Waals surface area contributed by atoms with Gasteiger partial charge in [-0.15, -0.1) is 22.1 Å². The van der Waals surface area contributed by atoms with Crippen LogP contribution in [-0.4, -0.2) is 88.2 Å². The number of ether oxygens (including phenoxy) is 1. The molecular formula is C46H56N8O7Pd. The Hall–Kier alpha value is -5.27. The van der Waals surface area contributed by atoms with Gasteiger partial charge in [0, 0.05) is 89.8 Å². The van der Waals surface area contributed by atoms with Crippen molar-refractivity contribution in [3.05, 3.63) is 93.2 Å². The molecule has 0 saturated heterocycles. The van der Waals surface area contributed by atoms with E-state index in [1.807, 2.05) is 57.2 Å². The number of rotatable bonds is 16. The number of nitrogens with zero attached hydrogens (tertiary/aromatic N) is 5. The first-order chi connectivity index (χ1) is 29.3. The second-order valence-corrected chi connectivity index (χ2v) is 16.0. The summed E-state index contributed by atoms with van der Waals surface area (Å²) in [6, 6.07) is 11.3. The minimum atomic E-state index is -1.10. The summed E-state index contributed by atoms with van der Waals surface area (Å²) in [5.41, 5.74) is 7.05. The van der Waals surface area contributed by atoms with E-state index in [4.69, 9.17) is 24.7 Å². The van der Waals surface area contributed by atoms with Crippen LogP contribution in [0.4, 0.5) is 5.82 Å². The summed E-state index contributed by atoms with van der Waals surface area (Å²) in [5, 5.41) is 28.1. The van der Waals surface area contributed by atoms with Crippen LogP contribution in [-0.2, 0) is 41.2 Å². The van der Waals surface area contributed by atoms with Crippen molar-refractivity contribution in [2.75, 3.05) is 38.7 Å². The molecule has 2 amide bonds. The Morgan fingerprint density at radius 1 is 0.887 bits per heavy atom. The Morgan fingerprint density at radius 3 is 2.24 bits per heavy atom. The first kappa shape index (κ1) is 47.8. The third-order valence-electron chi connectivity index (χ3n) is 11.9. The number of aryl methyl sites for hydroxylation is 2. The molecule has 6 heterocycles. The van der Waals surface area contributed by atoms with Crippen molar-refractivity contribution < 1.29 is 54.6 Å². The quantitative estimate of drug-likeness (QED) is 0.0425. The van der Waals surface area contributed by atoms with Crippen LogP contribution < -0.4 is 25.9 Å². The number of aromatic nitrogens is 5. The summed E-state index contributed by atoms with van der Waals surface area (Å²) >= 11 is 0. The summed E-state index contributed by atoms with van der Waals surface area (Å²) in [6.45, 7) is 11.7. The molecule has 1 unspecified atom stereocenters. The van der Waals surface area contributed by atoms with Crippen LogP contribution in [0.1, 0.15) is 137 Å². The van der Waals surface area contributed by atoms with Crippen molar-refractivity contribution in [2.45, 2.75) is 103 Å². The van der Waals surface area contributed by atoms with Crippen LogP contribution in [0, 0.1) is 13.8 Å². The third-order valence-corrected chi connectivity index (χ3v) is 11.9. The maximum absolute atomic E-state index is 14.5. The largest absolute Gasteiger partial charge is 2.00 e. The molecule has 15 nitrogen and oxygen atoms in total. The first-order valence-corrected chi connectivity index (χ1v) is 21.0. The van der Waals surface area contributed by atoms with Gasteiger partial charge in [-0.1, -0.05) is 56.2 Å². The molecular weight excluding hydrogens is 883 g/mol. The predicted octanol–water partition coefficient (Wildman–Crippen LogP) is 5.17. The van der Waals surface area contributed by atoms with Crippen LogP contribution in [0.25, 0.3) is 22.1 Å². The fraction of sp³-hybridized carbons (Fsp3) is 0.457. The zero-order valence-corrected chi connectivity index (χ0v) is 37.8. The molecule has 16 heteroatoms. The molecule has 5 atom stereocenters. The van der Waals surface area contributed by atoms with Gasteiger partial charge in [-0.3, -0.25) is 29.1 Å². The van der Waals surface area contributed by atoms with Gasteiger partial charge in [0.25, 0.3) is 0 Å². The number of amides is 2. The fourth-order valence-corrected chi connectivity index (χ4v) is 8.42. The fourth-order valence-electron chi connectivity index (χ4n) is 8.42. The van der Waals surface area contributed by atoms with Crippen molar-refractivity contribution >= 4 is 51.5 Å². The van der Waals surface area contributed by atoms with E-state index < -0.39 is 24.6 Å². The van der Waals surface area contributed by atoms with Gasteiger partial charge >= 0.3 is 26.4 Å². The van der Waals surface area contributed by atoms with Gasteiger partial charge < -0.3 is 40.9 Å². The van der Waals surface area contributed by atoms with E-state index in [9.17, 15) is 29.4 Å². The number of Topliss-reactive ketones (excluding diaryl/α,β-unsaturated/α-hetero) is 1. The van der Waals surface area contributed by atoms with Gasteiger partial charge in [-0.25, -0.2) is 4.98 Å². The van der Waals surface area contributed by atoms with Crippen molar-refractivity contribution in [3.63, 3.8) is 0 Å². The molecule has 0 aromatic carbocycles. The van der Waals surface area contributed by atoms with E-state index in [0.29, 0.717) is 75.3 Å². The molecule has 0 saturated carbocycles. The van der Waals surface area contributed by atoms with Crippen LogP contribution in [0.15, 0.2) is 42.6 Å². The molecule has 332 valence electrons. The molecule has 0 aliphatic carbocycles.